The number of ether oxygens (including phenoxy) is 1. The molecular weight excluding hydrogens is 154 g/mol. The zero-order valence-corrected chi connectivity index (χ0v) is 6.79. The summed E-state index contributed by atoms with van der Waals surface area (Å²) in [4.78, 5) is 8.11. The lowest BCUT2D eigenvalue weighted by Crippen LogP contribution is -2.03. The molecule has 1 aromatic rings. The predicted octanol–water partition coefficient (Wildman–Crippen LogP) is 0.174. The van der Waals surface area contributed by atoms with Crippen LogP contribution in [0.3, 0.4) is 0 Å². The number of fused-ring (bicyclic) bond motifs is 1. The Bertz CT molecular complexity index is 288. The normalized spacial score (nSPS) is 16.7. The fraction of sp³-hybridized carbons (Fsp3) is 0.500. The minimum Gasteiger partial charge on any atom is -0.381 e. The van der Waals surface area contributed by atoms with Crippen LogP contribution in [0.15, 0.2) is 6.20 Å². The third kappa shape index (κ3) is 1.38. The number of rotatable bonds is 0. The third-order valence-electron chi connectivity index (χ3n) is 1.97. The minimum atomic E-state index is 0.357. The average molecular weight is 165 g/mol. The Hall–Kier alpha value is -1.16. The van der Waals surface area contributed by atoms with Crippen molar-refractivity contribution in [2.75, 3.05) is 18.9 Å². The molecular formula is C8H11N3O. The fourth-order valence-electron chi connectivity index (χ4n) is 1.34. The monoisotopic (exact) mass is 165 g/mol. The lowest BCUT2D eigenvalue weighted by atomic mass is 10.1. The number of nitrogens with two attached hydrogens (primary N) is 1. The van der Waals surface area contributed by atoms with Crippen molar-refractivity contribution in [3.63, 3.8) is 0 Å². The van der Waals surface area contributed by atoms with Crippen molar-refractivity contribution in [2.24, 2.45) is 0 Å². The molecule has 64 valence electrons. The predicted molar refractivity (Wildman–Crippen MR) is 44.7 cm³/mol. The second-order valence-corrected chi connectivity index (χ2v) is 2.81. The van der Waals surface area contributed by atoms with Crippen LogP contribution in [0, 0.1) is 0 Å². The van der Waals surface area contributed by atoms with E-state index in [1.807, 2.05) is 0 Å². The van der Waals surface area contributed by atoms with Gasteiger partial charge in [-0.3, -0.25) is 0 Å². The smallest absolute Gasteiger partial charge is 0.220 e. The van der Waals surface area contributed by atoms with E-state index in [9.17, 15) is 0 Å². The maximum absolute atomic E-state index is 5.47. The standard InChI is InChI=1S/C8H11N3O/c9-8-10-5-6-1-3-12-4-2-7(6)11-8/h5H,1-4H2,(H2,9,10,11). The summed E-state index contributed by atoms with van der Waals surface area (Å²) in [6, 6.07) is 0. The summed E-state index contributed by atoms with van der Waals surface area (Å²) in [6.07, 6.45) is 3.55. The fourth-order valence-corrected chi connectivity index (χ4v) is 1.34. The van der Waals surface area contributed by atoms with Gasteiger partial charge in [-0.05, 0) is 12.0 Å². The van der Waals surface area contributed by atoms with Gasteiger partial charge in [-0.1, -0.05) is 0 Å². The van der Waals surface area contributed by atoms with Crippen molar-refractivity contribution in [1.82, 2.24) is 9.97 Å². The Morgan fingerprint density at radius 2 is 2.17 bits per heavy atom. The quantitative estimate of drug-likeness (QED) is 0.595. The molecule has 4 heteroatoms. The maximum Gasteiger partial charge on any atom is 0.220 e. The molecule has 4 nitrogen and oxygen atoms in total. The van der Waals surface area contributed by atoms with E-state index in [2.05, 4.69) is 9.97 Å². The molecule has 0 aliphatic carbocycles. The molecule has 0 saturated carbocycles. The molecule has 0 atom stereocenters. The van der Waals surface area contributed by atoms with Gasteiger partial charge in [0.15, 0.2) is 0 Å². The van der Waals surface area contributed by atoms with Crippen LogP contribution < -0.4 is 5.73 Å². The van der Waals surface area contributed by atoms with Gasteiger partial charge in [0.25, 0.3) is 0 Å². The SMILES string of the molecule is Nc1ncc2c(n1)CCOCC2. The molecule has 0 unspecified atom stereocenters. The molecule has 0 radical (unpaired) electrons. The van der Waals surface area contributed by atoms with Crippen molar-refractivity contribution >= 4 is 5.95 Å². The molecule has 0 spiro atoms. The van der Waals surface area contributed by atoms with Crippen LogP contribution in [0.4, 0.5) is 5.95 Å². The summed E-state index contributed by atoms with van der Waals surface area (Å²) in [6.45, 7) is 1.50. The molecule has 0 bridgehead atoms. The van der Waals surface area contributed by atoms with E-state index in [0.717, 1.165) is 31.7 Å². The van der Waals surface area contributed by atoms with E-state index in [1.165, 1.54) is 5.56 Å². The van der Waals surface area contributed by atoms with Gasteiger partial charge in [-0.15, -0.1) is 0 Å². The average Bonchev–Trinajstić information content (AvgIpc) is 2.28. The Morgan fingerprint density at radius 3 is 3.08 bits per heavy atom. The molecule has 2 N–H and O–H groups in total. The molecule has 2 heterocycles. The van der Waals surface area contributed by atoms with Gasteiger partial charge in [0.1, 0.15) is 0 Å². The van der Waals surface area contributed by atoms with Crippen LogP contribution in [-0.2, 0) is 17.6 Å². The summed E-state index contributed by atoms with van der Waals surface area (Å²) in [7, 11) is 0. The van der Waals surface area contributed by atoms with E-state index in [-0.39, 0.29) is 0 Å². The lowest BCUT2D eigenvalue weighted by molar-refractivity contribution is 0.146. The highest BCUT2D eigenvalue weighted by molar-refractivity contribution is 5.26. The van der Waals surface area contributed by atoms with Crippen LogP contribution in [0.5, 0.6) is 0 Å². The van der Waals surface area contributed by atoms with Crippen molar-refractivity contribution < 1.29 is 4.74 Å². The lowest BCUT2D eigenvalue weighted by Gasteiger charge is -2.01. The van der Waals surface area contributed by atoms with Gasteiger partial charge in [0.05, 0.1) is 18.9 Å². The first-order valence-corrected chi connectivity index (χ1v) is 4.04. The summed E-state index contributed by atoms with van der Waals surface area (Å²) in [5.74, 6) is 0.357. The molecule has 12 heavy (non-hydrogen) atoms. The van der Waals surface area contributed by atoms with E-state index in [0.29, 0.717) is 5.95 Å². The summed E-state index contributed by atoms with van der Waals surface area (Å²) >= 11 is 0. The highest BCUT2D eigenvalue weighted by Gasteiger charge is 2.09. The first-order valence-electron chi connectivity index (χ1n) is 4.04. The number of nitrogens with zero attached hydrogens (tertiary/aromatic N) is 2. The van der Waals surface area contributed by atoms with Crippen molar-refractivity contribution in [2.45, 2.75) is 12.8 Å². The Labute approximate surface area is 70.8 Å². The van der Waals surface area contributed by atoms with Crippen LogP contribution in [0.25, 0.3) is 0 Å². The maximum atomic E-state index is 5.47. The molecule has 1 aliphatic heterocycles. The van der Waals surface area contributed by atoms with Crippen molar-refractivity contribution in [3.05, 3.63) is 17.5 Å². The molecule has 0 aromatic carbocycles. The summed E-state index contributed by atoms with van der Waals surface area (Å²) in [5, 5.41) is 0. The highest BCUT2D eigenvalue weighted by Crippen LogP contribution is 2.11. The molecule has 2 rings (SSSR count). The highest BCUT2D eigenvalue weighted by atomic mass is 16.5. The second kappa shape index (κ2) is 3.06. The van der Waals surface area contributed by atoms with E-state index < -0.39 is 0 Å². The Morgan fingerprint density at radius 1 is 1.33 bits per heavy atom. The van der Waals surface area contributed by atoms with Crippen LogP contribution in [0.2, 0.25) is 0 Å². The van der Waals surface area contributed by atoms with E-state index >= 15 is 0 Å². The minimum absolute atomic E-state index is 0.357. The molecule has 1 aromatic heterocycles. The van der Waals surface area contributed by atoms with Crippen LogP contribution in [0.1, 0.15) is 11.3 Å². The van der Waals surface area contributed by atoms with Crippen molar-refractivity contribution in [3.8, 4) is 0 Å². The topological polar surface area (TPSA) is 61.0 Å². The van der Waals surface area contributed by atoms with E-state index in [1.54, 1.807) is 6.20 Å². The van der Waals surface area contributed by atoms with Crippen LogP contribution >= 0.6 is 0 Å². The number of hydrogen-bond acceptors (Lipinski definition) is 4. The second-order valence-electron chi connectivity index (χ2n) is 2.81. The summed E-state index contributed by atoms with van der Waals surface area (Å²) in [5.41, 5.74) is 7.68. The number of anilines is 1. The number of hydrogen-bond donors (Lipinski definition) is 1. The Kier molecular flexibility index (Phi) is 1.91. The molecule has 0 saturated heterocycles. The van der Waals surface area contributed by atoms with Crippen LogP contribution in [-0.4, -0.2) is 23.2 Å². The summed E-state index contributed by atoms with van der Waals surface area (Å²) < 4.78 is 5.31. The van der Waals surface area contributed by atoms with Gasteiger partial charge in [-0.25, -0.2) is 9.97 Å². The van der Waals surface area contributed by atoms with Gasteiger partial charge in [0, 0.05) is 12.6 Å². The Balaban J connectivity index is 2.36. The first kappa shape index (κ1) is 7.49. The largest absolute Gasteiger partial charge is 0.381 e. The number of aromatic nitrogens is 2. The third-order valence-corrected chi connectivity index (χ3v) is 1.97. The number of nitrogen functional groups attached to an aromatic ring is 1. The van der Waals surface area contributed by atoms with Gasteiger partial charge >= 0.3 is 0 Å². The van der Waals surface area contributed by atoms with E-state index in [4.69, 9.17) is 10.5 Å². The molecule has 0 amide bonds. The van der Waals surface area contributed by atoms with Gasteiger partial charge in [-0.2, -0.15) is 0 Å². The molecule has 1 aliphatic rings. The van der Waals surface area contributed by atoms with Gasteiger partial charge < -0.3 is 10.5 Å². The molecule has 0 fully saturated rings. The van der Waals surface area contributed by atoms with Gasteiger partial charge in [0.2, 0.25) is 5.95 Å². The van der Waals surface area contributed by atoms with Crippen molar-refractivity contribution in [1.29, 1.82) is 0 Å². The zero-order chi connectivity index (χ0) is 8.39. The first-order chi connectivity index (χ1) is 5.86. The zero-order valence-electron chi connectivity index (χ0n) is 6.79.